The molecule has 0 spiro atoms. The highest BCUT2D eigenvalue weighted by Crippen LogP contribution is 2.02. The number of hydrogen-bond donors (Lipinski definition) is 0. The Balaban J connectivity index is 3.93. The van der Waals surface area contributed by atoms with Crippen molar-refractivity contribution >= 4 is 11.9 Å². The van der Waals surface area contributed by atoms with Crippen molar-refractivity contribution in [1.29, 1.82) is 0 Å². The summed E-state index contributed by atoms with van der Waals surface area (Å²) < 4.78 is 31.0. The third-order valence-electron chi connectivity index (χ3n) is 2.70. The minimum absolute atomic E-state index is 0.00762. The van der Waals surface area contributed by atoms with Crippen LogP contribution in [0.4, 0.5) is 0 Å². The Kier molecular flexibility index (Phi) is 14.5. The molecule has 0 radical (unpaired) electrons. The maximum absolute atomic E-state index is 11.6. The standard InChI is InChI=1S/C16H30O8/c1-5-19-15(20-6-2)11-23-13(17)9-10-14(18)24-12-16(21-7-3)22-8-4/h15-16H,5-12H2,1-4H3. The topological polar surface area (TPSA) is 89.5 Å². The smallest absolute Gasteiger partial charge is 0.306 e. The molecule has 0 saturated carbocycles. The number of ether oxygens (including phenoxy) is 6. The van der Waals surface area contributed by atoms with Gasteiger partial charge in [-0.1, -0.05) is 0 Å². The molecule has 0 aliphatic carbocycles. The largest absolute Gasteiger partial charge is 0.460 e. The summed E-state index contributed by atoms with van der Waals surface area (Å²) in [7, 11) is 0. The lowest BCUT2D eigenvalue weighted by atomic mass is 10.3. The Morgan fingerprint density at radius 2 is 0.917 bits per heavy atom. The van der Waals surface area contributed by atoms with Crippen molar-refractivity contribution < 1.29 is 38.0 Å². The molecule has 0 fully saturated rings. The Morgan fingerprint density at radius 3 is 1.17 bits per heavy atom. The van der Waals surface area contributed by atoms with Crippen molar-refractivity contribution in [3.8, 4) is 0 Å². The monoisotopic (exact) mass is 350 g/mol. The molecule has 8 heteroatoms. The van der Waals surface area contributed by atoms with Crippen molar-refractivity contribution in [3.05, 3.63) is 0 Å². The molecule has 142 valence electrons. The van der Waals surface area contributed by atoms with E-state index >= 15 is 0 Å². The van der Waals surface area contributed by atoms with Crippen molar-refractivity contribution in [2.75, 3.05) is 39.6 Å². The molecule has 8 nitrogen and oxygen atoms in total. The average molecular weight is 350 g/mol. The summed E-state index contributed by atoms with van der Waals surface area (Å²) in [5.41, 5.74) is 0. The molecule has 0 amide bonds. The van der Waals surface area contributed by atoms with Crippen LogP contribution in [0.1, 0.15) is 40.5 Å². The van der Waals surface area contributed by atoms with Crippen molar-refractivity contribution in [1.82, 2.24) is 0 Å². The lowest BCUT2D eigenvalue weighted by Gasteiger charge is -2.17. The Morgan fingerprint density at radius 1 is 0.625 bits per heavy atom. The van der Waals surface area contributed by atoms with Gasteiger partial charge in [0.05, 0.1) is 12.8 Å². The number of rotatable bonds is 15. The van der Waals surface area contributed by atoms with Crippen LogP contribution in [-0.4, -0.2) is 64.2 Å². The molecule has 0 aromatic rings. The van der Waals surface area contributed by atoms with Crippen LogP contribution in [-0.2, 0) is 38.0 Å². The van der Waals surface area contributed by atoms with Crippen molar-refractivity contribution in [2.24, 2.45) is 0 Å². The minimum atomic E-state index is -0.589. The molecular weight excluding hydrogens is 320 g/mol. The highest BCUT2D eigenvalue weighted by molar-refractivity contribution is 5.77. The molecule has 0 N–H and O–H groups in total. The molecule has 0 aliphatic rings. The van der Waals surface area contributed by atoms with E-state index in [2.05, 4.69) is 0 Å². The second-order valence-electron chi connectivity index (χ2n) is 4.55. The van der Waals surface area contributed by atoms with E-state index in [4.69, 9.17) is 28.4 Å². The van der Waals surface area contributed by atoms with Gasteiger partial charge in [0.25, 0.3) is 0 Å². The van der Waals surface area contributed by atoms with Crippen LogP contribution in [0.3, 0.4) is 0 Å². The van der Waals surface area contributed by atoms with E-state index < -0.39 is 24.5 Å². The molecule has 0 aromatic heterocycles. The first-order valence-corrected chi connectivity index (χ1v) is 8.34. The zero-order valence-corrected chi connectivity index (χ0v) is 15.1. The number of esters is 2. The van der Waals surface area contributed by atoms with Crippen LogP contribution >= 0.6 is 0 Å². The van der Waals surface area contributed by atoms with Gasteiger partial charge in [0.1, 0.15) is 13.2 Å². The van der Waals surface area contributed by atoms with Crippen molar-refractivity contribution in [2.45, 2.75) is 53.1 Å². The van der Waals surface area contributed by atoms with E-state index in [1.165, 1.54) is 0 Å². The summed E-state index contributed by atoms with van der Waals surface area (Å²) in [5, 5.41) is 0. The molecule has 0 atom stereocenters. The molecule has 0 rings (SSSR count). The fourth-order valence-electron chi connectivity index (χ4n) is 1.70. The second-order valence-corrected chi connectivity index (χ2v) is 4.55. The van der Waals surface area contributed by atoms with E-state index in [0.717, 1.165) is 0 Å². The van der Waals surface area contributed by atoms with E-state index in [9.17, 15) is 9.59 Å². The number of carbonyl (C=O) groups is 2. The van der Waals surface area contributed by atoms with Gasteiger partial charge in [-0.25, -0.2) is 0 Å². The van der Waals surface area contributed by atoms with Crippen LogP contribution in [0.5, 0.6) is 0 Å². The van der Waals surface area contributed by atoms with Crippen LogP contribution in [0.25, 0.3) is 0 Å². The minimum Gasteiger partial charge on any atom is -0.460 e. The normalized spacial score (nSPS) is 11.1. The first kappa shape index (κ1) is 22.8. The number of hydrogen-bond acceptors (Lipinski definition) is 8. The Bertz CT molecular complexity index is 290. The average Bonchev–Trinajstić information content (AvgIpc) is 2.56. The molecule has 0 saturated heterocycles. The molecule has 0 aromatic carbocycles. The molecule has 24 heavy (non-hydrogen) atoms. The Labute approximate surface area is 143 Å². The van der Waals surface area contributed by atoms with Gasteiger partial charge < -0.3 is 28.4 Å². The molecule has 0 heterocycles. The third-order valence-corrected chi connectivity index (χ3v) is 2.70. The first-order valence-electron chi connectivity index (χ1n) is 8.34. The zero-order chi connectivity index (χ0) is 18.2. The summed E-state index contributed by atoms with van der Waals surface area (Å²) in [5.74, 6) is -1.02. The van der Waals surface area contributed by atoms with E-state index in [0.29, 0.717) is 26.4 Å². The maximum Gasteiger partial charge on any atom is 0.306 e. The molecule has 0 unspecified atom stereocenters. The fraction of sp³-hybridized carbons (Fsp3) is 0.875. The van der Waals surface area contributed by atoms with Gasteiger partial charge in [-0.05, 0) is 27.7 Å². The zero-order valence-electron chi connectivity index (χ0n) is 15.1. The number of carbonyl (C=O) groups excluding carboxylic acids is 2. The summed E-state index contributed by atoms with van der Waals surface area (Å²) >= 11 is 0. The summed E-state index contributed by atoms with van der Waals surface area (Å²) in [6.45, 7) is 9.08. The van der Waals surface area contributed by atoms with E-state index in [1.807, 2.05) is 27.7 Å². The highest BCUT2D eigenvalue weighted by Gasteiger charge is 2.15. The predicted molar refractivity (Wildman–Crippen MR) is 85.2 cm³/mol. The first-order chi connectivity index (χ1) is 11.6. The van der Waals surface area contributed by atoms with Gasteiger partial charge in [-0.3, -0.25) is 9.59 Å². The SMILES string of the molecule is CCOC(COC(=O)CCC(=O)OCC(OCC)OCC)OCC. The lowest BCUT2D eigenvalue weighted by Crippen LogP contribution is -2.26. The third kappa shape index (κ3) is 12.2. The summed E-state index contributed by atoms with van der Waals surface area (Å²) in [6.07, 6.45) is -1.32. The summed E-state index contributed by atoms with van der Waals surface area (Å²) in [4.78, 5) is 23.2. The van der Waals surface area contributed by atoms with Crippen LogP contribution in [0, 0.1) is 0 Å². The van der Waals surface area contributed by atoms with Crippen LogP contribution in [0.15, 0.2) is 0 Å². The van der Waals surface area contributed by atoms with Gasteiger partial charge in [-0.2, -0.15) is 0 Å². The Hall–Kier alpha value is -1.22. The van der Waals surface area contributed by atoms with Gasteiger partial charge in [0.2, 0.25) is 0 Å². The van der Waals surface area contributed by atoms with Gasteiger partial charge in [0.15, 0.2) is 12.6 Å². The molecule has 0 bridgehead atoms. The van der Waals surface area contributed by atoms with Crippen LogP contribution in [0.2, 0.25) is 0 Å². The van der Waals surface area contributed by atoms with Crippen molar-refractivity contribution in [3.63, 3.8) is 0 Å². The highest BCUT2D eigenvalue weighted by atomic mass is 16.7. The summed E-state index contributed by atoms with van der Waals surface area (Å²) in [6, 6.07) is 0. The molecular formula is C16H30O8. The van der Waals surface area contributed by atoms with Crippen LogP contribution < -0.4 is 0 Å². The maximum atomic E-state index is 11.6. The van der Waals surface area contributed by atoms with Gasteiger partial charge in [0, 0.05) is 26.4 Å². The second kappa shape index (κ2) is 15.3. The molecule has 0 aliphatic heterocycles. The quantitative estimate of drug-likeness (QED) is 0.325. The van der Waals surface area contributed by atoms with Gasteiger partial charge >= 0.3 is 11.9 Å². The van der Waals surface area contributed by atoms with E-state index in [1.54, 1.807) is 0 Å². The van der Waals surface area contributed by atoms with E-state index in [-0.39, 0.29) is 26.1 Å². The lowest BCUT2D eigenvalue weighted by molar-refractivity contribution is -0.183. The predicted octanol–water partition coefficient (Wildman–Crippen LogP) is 1.65. The fourth-order valence-corrected chi connectivity index (χ4v) is 1.70. The van der Waals surface area contributed by atoms with Gasteiger partial charge in [-0.15, -0.1) is 0 Å².